The van der Waals surface area contributed by atoms with E-state index in [1.807, 2.05) is 30.3 Å². The second-order valence-electron chi connectivity index (χ2n) is 2.31. The first-order valence-corrected chi connectivity index (χ1v) is 13.5. The van der Waals surface area contributed by atoms with Crippen LogP contribution in [0, 0.1) is 0 Å². The van der Waals surface area contributed by atoms with Gasteiger partial charge in [0.05, 0.1) is 0 Å². The maximum atomic E-state index is 11.3. The Morgan fingerprint density at radius 3 is 2.40 bits per heavy atom. The Balaban J connectivity index is 2.75. The van der Waals surface area contributed by atoms with Crippen molar-refractivity contribution < 1.29 is 4.80 Å². The lowest BCUT2D eigenvalue weighted by Gasteiger charge is -2.00. The minimum atomic E-state index is -1.59. The molecular formula is C6H11OSi3. The molecule has 1 unspecified atom stereocenters. The number of rotatable bonds is 2. The van der Waals surface area contributed by atoms with Gasteiger partial charge in [0.15, 0.2) is 0 Å². The molecule has 0 aromatic heterocycles. The minimum absolute atomic E-state index is 0.138. The number of benzene rings is 1. The molecule has 0 heterocycles. The third kappa shape index (κ3) is 1.91. The summed E-state index contributed by atoms with van der Waals surface area (Å²) < 4.78 is 0. The van der Waals surface area contributed by atoms with Gasteiger partial charge in [-0.25, -0.2) is 0 Å². The van der Waals surface area contributed by atoms with Crippen LogP contribution in [0.5, 0.6) is 0 Å². The molecule has 0 spiro atoms. The molecule has 0 fully saturated rings. The highest BCUT2D eigenvalue weighted by molar-refractivity contribution is 7.32. The minimum Gasteiger partial charge on any atom is -0.301 e. The third-order valence-corrected chi connectivity index (χ3v) is 13.7. The molecule has 1 rings (SSSR count). The van der Waals surface area contributed by atoms with E-state index in [4.69, 9.17) is 0 Å². The SMILES string of the molecule is [O][SiH]([SiH2][SiH3])c1ccccc1. The molecule has 0 N–H and O–H groups in total. The first-order chi connectivity index (χ1) is 4.84. The van der Waals surface area contributed by atoms with E-state index in [0.717, 1.165) is 5.19 Å². The molecule has 1 radical (unpaired) electrons. The summed E-state index contributed by atoms with van der Waals surface area (Å²) in [6.07, 6.45) is 0. The summed E-state index contributed by atoms with van der Waals surface area (Å²) in [6.45, 7) is 0. The molecule has 0 aliphatic rings. The normalized spacial score (nSPS) is 14.5. The lowest BCUT2D eigenvalue weighted by molar-refractivity contribution is 0.476. The molecule has 53 valence electrons. The molecule has 0 saturated heterocycles. The molecule has 1 nitrogen and oxygen atoms in total. The summed E-state index contributed by atoms with van der Waals surface area (Å²) >= 11 is 0. The fraction of sp³-hybridized carbons (Fsp3) is 0. The summed E-state index contributed by atoms with van der Waals surface area (Å²) in [4.78, 5) is 11.3. The van der Waals surface area contributed by atoms with E-state index in [1.54, 1.807) is 0 Å². The van der Waals surface area contributed by atoms with Crippen molar-refractivity contribution in [3.63, 3.8) is 0 Å². The lowest BCUT2D eigenvalue weighted by atomic mass is 10.4. The molecule has 0 aliphatic carbocycles. The van der Waals surface area contributed by atoms with Crippen molar-refractivity contribution in [2.45, 2.75) is 0 Å². The van der Waals surface area contributed by atoms with Gasteiger partial charge in [-0.3, -0.25) is 0 Å². The van der Waals surface area contributed by atoms with Gasteiger partial charge in [0.1, 0.15) is 0 Å². The second kappa shape index (κ2) is 3.87. The number of hydrogen-bond donors (Lipinski definition) is 0. The van der Waals surface area contributed by atoms with Crippen LogP contribution in [-0.4, -0.2) is 26.9 Å². The Hall–Kier alpha value is -0.169. The van der Waals surface area contributed by atoms with Crippen LogP contribution in [-0.2, 0) is 4.80 Å². The van der Waals surface area contributed by atoms with Crippen LogP contribution < -0.4 is 5.19 Å². The first kappa shape index (κ1) is 7.93. The zero-order valence-electron chi connectivity index (χ0n) is 6.08. The van der Waals surface area contributed by atoms with E-state index in [0.29, 0.717) is 0 Å². The fourth-order valence-corrected chi connectivity index (χ4v) is 8.50. The highest BCUT2D eigenvalue weighted by Crippen LogP contribution is 1.83. The van der Waals surface area contributed by atoms with Gasteiger partial charge in [-0.15, -0.1) is 0 Å². The van der Waals surface area contributed by atoms with Crippen molar-refractivity contribution in [3.8, 4) is 0 Å². The van der Waals surface area contributed by atoms with E-state index in [-0.39, 0.29) is 8.55 Å². The Morgan fingerprint density at radius 2 is 1.90 bits per heavy atom. The van der Waals surface area contributed by atoms with Crippen molar-refractivity contribution in [1.29, 1.82) is 0 Å². The van der Waals surface area contributed by atoms with Gasteiger partial charge >= 0.3 is 0 Å². The van der Waals surface area contributed by atoms with Gasteiger partial charge in [-0.2, -0.15) is 0 Å². The summed E-state index contributed by atoms with van der Waals surface area (Å²) in [5.74, 6) is 0. The Labute approximate surface area is 67.6 Å². The van der Waals surface area contributed by atoms with Gasteiger partial charge in [-0.05, 0) is 14.9 Å². The summed E-state index contributed by atoms with van der Waals surface area (Å²) in [5.41, 5.74) is 0. The standard InChI is InChI=1S/C6H11OSi3/c7-10(9-8)6-4-2-1-3-5-6/h1-5,10H,9H2,8H3. The molecule has 1 atom stereocenters. The zero-order valence-corrected chi connectivity index (χ0v) is 10.6. The van der Waals surface area contributed by atoms with Gasteiger partial charge in [0.25, 0.3) is 0 Å². The summed E-state index contributed by atoms with van der Waals surface area (Å²) in [5, 5.41) is 1.13. The average molecular weight is 183 g/mol. The van der Waals surface area contributed by atoms with Crippen LogP contribution in [0.2, 0.25) is 0 Å². The molecule has 0 amide bonds. The molecule has 1 aromatic carbocycles. The summed E-state index contributed by atoms with van der Waals surface area (Å²) in [6, 6.07) is 9.90. The van der Waals surface area contributed by atoms with E-state index < -0.39 is 8.56 Å². The highest BCUT2D eigenvalue weighted by atomic mass is 29.5. The third-order valence-electron chi connectivity index (χ3n) is 1.54. The van der Waals surface area contributed by atoms with Crippen LogP contribution in [0.3, 0.4) is 0 Å². The molecule has 1 aromatic rings. The van der Waals surface area contributed by atoms with Gasteiger partial charge in [-0.1, -0.05) is 30.3 Å². The quantitative estimate of drug-likeness (QED) is 0.473. The fourth-order valence-electron chi connectivity index (χ4n) is 0.903. The van der Waals surface area contributed by atoms with Crippen LogP contribution in [0.25, 0.3) is 0 Å². The Kier molecular flexibility index (Phi) is 3.07. The van der Waals surface area contributed by atoms with E-state index >= 15 is 0 Å². The smallest absolute Gasteiger partial charge is 0.228 e. The molecule has 0 saturated carbocycles. The van der Waals surface area contributed by atoms with Crippen LogP contribution in [0.1, 0.15) is 0 Å². The van der Waals surface area contributed by atoms with Crippen LogP contribution in [0.15, 0.2) is 30.3 Å². The monoisotopic (exact) mass is 183 g/mol. The molecule has 0 bridgehead atoms. The van der Waals surface area contributed by atoms with Gasteiger partial charge in [0, 0.05) is 8.55 Å². The predicted octanol–water partition coefficient (Wildman–Crippen LogP) is -2.01. The molecule has 4 heteroatoms. The zero-order chi connectivity index (χ0) is 7.40. The Bertz CT molecular complexity index is 189. The predicted molar refractivity (Wildman–Crippen MR) is 52.4 cm³/mol. The maximum Gasteiger partial charge on any atom is 0.228 e. The maximum absolute atomic E-state index is 11.3. The van der Waals surface area contributed by atoms with Gasteiger partial charge in [0.2, 0.25) is 8.56 Å². The van der Waals surface area contributed by atoms with Crippen molar-refractivity contribution in [3.05, 3.63) is 30.3 Å². The lowest BCUT2D eigenvalue weighted by Crippen LogP contribution is -2.35. The average Bonchev–Trinajstić information content (AvgIpc) is 2.05. The topological polar surface area (TPSA) is 19.9 Å². The number of hydrogen-bond acceptors (Lipinski definition) is 0. The van der Waals surface area contributed by atoms with Crippen LogP contribution >= 0.6 is 0 Å². The largest absolute Gasteiger partial charge is 0.301 e. The van der Waals surface area contributed by atoms with E-state index in [9.17, 15) is 4.80 Å². The van der Waals surface area contributed by atoms with E-state index in [1.165, 1.54) is 9.76 Å². The molecule has 0 aliphatic heterocycles. The van der Waals surface area contributed by atoms with Crippen molar-refractivity contribution in [2.24, 2.45) is 0 Å². The summed E-state index contributed by atoms with van der Waals surface area (Å²) in [7, 11) is -0.531. The van der Waals surface area contributed by atoms with Crippen molar-refractivity contribution in [1.82, 2.24) is 0 Å². The highest BCUT2D eigenvalue weighted by Gasteiger charge is 2.07. The first-order valence-electron chi connectivity index (χ1n) is 3.55. The van der Waals surface area contributed by atoms with Crippen molar-refractivity contribution in [2.75, 3.05) is 0 Å². The second-order valence-corrected chi connectivity index (χ2v) is 16.8. The molecular weight excluding hydrogens is 172 g/mol. The van der Waals surface area contributed by atoms with Crippen LogP contribution in [0.4, 0.5) is 0 Å². The molecule has 10 heavy (non-hydrogen) atoms. The van der Waals surface area contributed by atoms with E-state index in [2.05, 4.69) is 0 Å². The Morgan fingerprint density at radius 1 is 1.30 bits per heavy atom. The van der Waals surface area contributed by atoms with Crippen molar-refractivity contribution >= 4 is 32.1 Å². The van der Waals surface area contributed by atoms with Gasteiger partial charge < -0.3 is 4.80 Å².